The second-order valence-corrected chi connectivity index (χ2v) is 8.07. The van der Waals surface area contributed by atoms with Crippen LogP contribution < -0.4 is 9.47 Å². The monoisotopic (exact) mass is 555 g/mol. The van der Waals surface area contributed by atoms with Crippen molar-refractivity contribution >= 4 is 56.5 Å². The number of unbranched alkanes of at least 4 members (excludes halogenated alkanes) is 1. The molecule has 0 aromatic heterocycles. The van der Waals surface area contributed by atoms with E-state index in [2.05, 4.69) is 50.4 Å². The van der Waals surface area contributed by atoms with Gasteiger partial charge < -0.3 is 14.2 Å². The van der Waals surface area contributed by atoms with Crippen molar-refractivity contribution in [2.24, 2.45) is 4.99 Å². The van der Waals surface area contributed by atoms with Crippen LogP contribution in [-0.4, -0.2) is 25.6 Å². The Morgan fingerprint density at radius 1 is 1.29 bits per heavy atom. The van der Waals surface area contributed by atoms with E-state index >= 15 is 0 Å². The Morgan fingerprint density at radius 3 is 2.79 bits per heavy atom. The highest BCUT2D eigenvalue weighted by atomic mass is 127. The maximum Gasteiger partial charge on any atom is 0.363 e. The minimum Gasteiger partial charge on any atom is -0.493 e. The van der Waals surface area contributed by atoms with E-state index in [-0.39, 0.29) is 11.6 Å². The van der Waals surface area contributed by atoms with Gasteiger partial charge in [0.1, 0.15) is 0 Å². The molecule has 7 heteroatoms. The van der Waals surface area contributed by atoms with Crippen molar-refractivity contribution < 1.29 is 19.0 Å². The van der Waals surface area contributed by atoms with Gasteiger partial charge in [-0.05, 0) is 80.8 Å². The molecule has 0 bridgehead atoms. The maximum absolute atomic E-state index is 12.3. The molecule has 0 spiro atoms. The lowest BCUT2D eigenvalue weighted by Gasteiger charge is -2.13. The second kappa shape index (κ2) is 9.56. The Labute approximate surface area is 186 Å². The van der Waals surface area contributed by atoms with Crippen molar-refractivity contribution in [3.63, 3.8) is 0 Å². The molecule has 0 unspecified atom stereocenters. The molecular weight excluding hydrogens is 537 g/mol. The van der Waals surface area contributed by atoms with Crippen LogP contribution in [0.3, 0.4) is 0 Å². The number of nitrogens with zero attached hydrogens (tertiary/aromatic N) is 1. The Balaban J connectivity index is 1.91. The molecule has 5 nitrogen and oxygen atoms in total. The number of carbonyl (C=O) groups is 1. The normalized spacial score (nSPS) is 14.8. The molecular formula is C21H19BrINO4. The SMILES string of the molecule is CCCCOc1c(I)cc(C=C2N=C(c3ccccc3Br)OC2=O)cc1OC. The molecule has 1 heterocycles. The number of aliphatic imine (C=N–C) groups is 1. The van der Waals surface area contributed by atoms with E-state index in [4.69, 9.17) is 14.2 Å². The molecule has 0 fully saturated rings. The first-order chi connectivity index (χ1) is 13.5. The van der Waals surface area contributed by atoms with E-state index < -0.39 is 5.97 Å². The van der Waals surface area contributed by atoms with Gasteiger partial charge in [0.25, 0.3) is 0 Å². The van der Waals surface area contributed by atoms with Gasteiger partial charge in [-0.1, -0.05) is 25.5 Å². The fourth-order valence-electron chi connectivity index (χ4n) is 2.60. The van der Waals surface area contributed by atoms with E-state index in [1.165, 1.54) is 0 Å². The van der Waals surface area contributed by atoms with E-state index in [0.717, 1.165) is 32.0 Å². The van der Waals surface area contributed by atoms with Crippen molar-refractivity contribution in [2.45, 2.75) is 19.8 Å². The van der Waals surface area contributed by atoms with Crippen molar-refractivity contribution in [3.8, 4) is 11.5 Å². The predicted octanol–water partition coefficient (Wildman–Crippen LogP) is 5.59. The number of ether oxygens (including phenoxy) is 3. The summed E-state index contributed by atoms with van der Waals surface area (Å²) in [5.41, 5.74) is 1.75. The summed E-state index contributed by atoms with van der Waals surface area (Å²) < 4.78 is 18.4. The fourth-order valence-corrected chi connectivity index (χ4v) is 3.83. The molecule has 0 saturated heterocycles. The molecule has 1 aliphatic heterocycles. The van der Waals surface area contributed by atoms with E-state index in [1.807, 2.05) is 36.4 Å². The van der Waals surface area contributed by atoms with Gasteiger partial charge in [-0.25, -0.2) is 9.79 Å². The largest absolute Gasteiger partial charge is 0.493 e. The lowest BCUT2D eigenvalue weighted by molar-refractivity contribution is -0.129. The van der Waals surface area contributed by atoms with Gasteiger partial charge in [-0.15, -0.1) is 0 Å². The molecule has 0 atom stereocenters. The standard InChI is InChI=1S/C21H19BrINO4/c1-3-4-9-27-19-16(23)10-13(12-18(19)26-2)11-17-21(25)28-20(24-17)14-7-5-6-8-15(14)22/h5-8,10-12H,3-4,9H2,1-2H3. The lowest BCUT2D eigenvalue weighted by Crippen LogP contribution is -2.06. The first-order valence-corrected chi connectivity index (χ1v) is 10.7. The van der Waals surface area contributed by atoms with Crippen LogP contribution in [0.2, 0.25) is 0 Å². The zero-order chi connectivity index (χ0) is 20.1. The number of hydrogen-bond acceptors (Lipinski definition) is 5. The summed E-state index contributed by atoms with van der Waals surface area (Å²) in [5, 5.41) is 0. The molecule has 0 radical (unpaired) electrons. The zero-order valence-electron chi connectivity index (χ0n) is 15.5. The number of benzene rings is 2. The fraction of sp³-hybridized carbons (Fsp3) is 0.238. The summed E-state index contributed by atoms with van der Waals surface area (Å²) >= 11 is 5.66. The molecule has 1 aliphatic rings. The van der Waals surface area contributed by atoms with Crippen molar-refractivity contribution in [3.05, 3.63) is 61.3 Å². The third kappa shape index (κ3) is 4.75. The summed E-state index contributed by atoms with van der Waals surface area (Å²) in [7, 11) is 1.60. The molecule has 0 N–H and O–H groups in total. The second-order valence-electron chi connectivity index (χ2n) is 6.05. The zero-order valence-corrected chi connectivity index (χ0v) is 19.2. The lowest BCUT2D eigenvalue weighted by atomic mass is 10.1. The van der Waals surface area contributed by atoms with Gasteiger partial charge in [0, 0.05) is 4.47 Å². The number of cyclic esters (lactones) is 1. The van der Waals surface area contributed by atoms with E-state index in [1.54, 1.807) is 13.2 Å². The van der Waals surface area contributed by atoms with Crippen molar-refractivity contribution in [1.29, 1.82) is 0 Å². The Hall–Kier alpha value is -1.87. The quantitative estimate of drug-likeness (QED) is 0.193. The molecule has 2 aromatic rings. The van der Waals surface area contributed by atoms with Crippen LogP contribution in [0.5, 0.6) is 11.5 Å². The Kier molecular flexibility index (Phi) is 7.12. The number of hydrogen-bond donors (Lipinski definition) is 0. The highest BCUT2D eigenvalue weighted by Crippen LogP contribution is 2.35. The average molecular weight is 556 g/mol. The van der Waals surface area contributed by atoms with Crippen LogP contribution in [0.15, 0.2) is 51.6 Å². The van der Waals surface area contributed by atoms with Gasteiger partial charge in [-0.2, -0.15) is 0 Å². The smallest absolute Gasteiger partial charge is 0.363 e. The van der Waals surface area contributed by atoms with E-state index in [0.29, 0.717) is 18.1 Å². The van der Waals surface area contributed by atoms with Crippen LogP contribution >= 0.6 is 38.5 Å². The minimum absolute atomic E-state index is 0.239. The van der Waals surface area contributed by atoms with Gasteiger partial charge in [0.05, 0.1) is 22.9 Å². The third-order valence-corrected chi connectivity index (χ3v) is 5.52. The number of esters is 1. The van der Waals surface area contributed by atoms with E-state index in [9.17, 15) is 4.79 Å². The van der Waals surface area contributed by atoms with Crippen LogP contribution in [0, 0.1) is 3.57 Å². The first kappa shape index (κ1) is 20.9. The summed E-state index contributed by atoms with van der Waals surface area (Å²) in [6, 6.07) is 11.2. The molecule has 0 amide bonds. The molecule has 0 saturated carbocycles. The summed E-state index contributed by atoms with van der Waals surface area (Å²) in [6.07, 6.45) is 3.72. The molecule has 3 rings (SSSR count). The van der Waals surface area contributed by atoms with Crippen molar-refractivity contribution in [2.75, 3.05) is 13.7 Å². The van der Waals surface area contributed by atoms with Gasteiger partial charge in [0.2, 0.25) is 5.90 Å². The number of carbonyl (C=O) groups excluding carboxylic acids is 1. The number of rotatable bonds is 7. The summed E-state index contributed by atoms with van der Waals surface area (Å²) in [6.45, 7) is 2.75. The third-order valence-electron chi connectivity index (χ3n) is 4.02. The predicted molar refractivity (Wildman–Crippen MR) is 121 cm³/mol. The van der Waals surface area contributed by atoms with Crippen LogP contribution in [0.1, 0.15) is 30.9 Å². The van der Waals surface area contributed by atoms with Crippen LogP contribution in [-0.2, 0) is 9.53 Å². The highest BCUT2D eigenvalue weighted by Gasteiger charge is 2.25. The minimum atomic E-state index is -0.483. The van der Waals surface area contributed by atoms with Gasteiger partial charge >= 0.3 is 5.97 Å². The van der Waals surface area contributed by atoms with Crippen LogP contribution in [0.25, 0.3) is 6.08 Å². The average Bonchev–Trinajstić information content (AvgIpc) is 3.03. The van der Waals surface area contributed by atoms with Gasteiger partial charge in [0.15, 0.2) is 17.2 Å². The topological polar surface area (TPSA) is 57.1 Å². The Morgan fingerprint density at radius 2 is 2.07 bits per heavy atom. The van der Waals surface area contributed by atoms with Gasteiger partial charge in [-0.3, -0.25) is 0 Å². The summed E-state index contributed by atoms with van der Waals surface area (Å²) in [4.78, 5) is 16.6. The summed E-state index contributed by atoms with van der Waals surface area (Å²) in [5.74, 6) is 1.13. The van der Waals surface area contributed by atoms with Crippen LogP contribution in [0.4, 0.5) is 0 Å². The molecule has 146 valence electrons. The molecule has 2 aromatic carbocycles. The number of methoxy groups -OCH3 is 1. The Bertz CT molecular complexity index is 955. The first-order valence-electron chi connectivity index (χ1n) is 8.81. The highest BCUT2D eigenvalue weighted by molar-refractivity contribution is 14.1. The number of halogens is 2. The molecule has 28 heavy (non-hydrogen) atoms. The maximum atomic E-state index is 12.3. The van der Waals surface area contributed by atoms with Crippen molar-refractivity contribution in [1.82, 2.24) is 0 Å². The molecule has 0 aliphatic carbocycles.